The molecule has 0 fully saturated rings. The van der Waals surface area contributed by atoms with E-state index in [1.807, 2.05) is 32.8 Å². The van der Waals surface area contributed by atoms with Crippen molar-refractivity contribution in [2.45, 2.75) is 76.2 Å². The number of likely N-dealkylation sites (N-methyl/N-ethyl adjacent to an activating group) is 1. The molecule has 2 aromatic rings. The smallest absolute Gasteiger partial charge is 0.261 e. The lowest BCUT2D eigenvalue weighted by Gasteiger charge is -2.35. The van der Waals surface area contributed by atoms with Gasteiger partial charge in [-0.25, -0.2) is 13.4 Å². The molecule has 0 bridgehead atoms. The van der Waals surface area contributed by atoms with Gasteiger partial charge >= 0.3 is 0 Å². The molecule has 0 radical (unpaired) electrons. The normalized spacial score (nSPS) is 21.0. The van der Waals surface area contributed by atoms with Gasteiger partial charge in [-0.1, -0.05) is 6.92 Å². The van der Waals surface area contributed by atoms with Crippen molar-refractivity contribution in [1.82, 2.24) is 23.7 Å². The van der Waals surface area contributed by atoms with Crippen molar-refractivity contribution in [3.05, 3.63) is 36.3 Å². The van der Waals surface area contributed by atoms with E-state index in [1.54, 1.807) is 41.6 Å². The van der Waals surface area contributed by atoms with Crippen LogP contribution in [0.15, 0.2) is 35.7 Å². The highest BCUT2D eigenvalue weighted by atomic mass is 32.2. The number of imidazole rings is 1. The van der Waals surface area contributed by atoms with Crippen LogP contribution in [0.4, 0.5) is 5.69 Å². The fourth-order valence-electron chi connectivity index (χ4n) is 5.28. The highest BCUT2D eigenvalue weighted by Gasteiger charge is 2.33. The second-order valence-corrected chi connectivity index (χ2v) is 14.6. The minimum Gasteiger partial charge on any atom is -0.490 e. The zero-order valence-electron chi connectivity index (χ0n) is 28.3. The standard InChI is InChI=1S/C32H52N6O7S/c1-23-18-38(24(2)21-39)32(41)27-17-26(34-30(40)12-10-15-35(4)5)13-14-28(27)45-25(3)11-8-9-16-44-29(23)19-37(7)46(42,43)31-20-36(6)22-33-31/h13-14,17,20,22-25,29,39H,8-12,15-16,18-19,21H2,1-7H3,(H,34,40)/t23-,24+,25-,29+/m0/s1. The Kier molecular flexibility index (Phi) is 14.0. The first-order valence-corrected chi connectivity index (χ1v) is 17.4. The van der Waals surface area contributed by atoms with E-state index in [2.05, 4.69) is 10.3 Å². The van der Waals surface area contributed by atoms with Crippen LogP contribution in [0.2, 0.25) is 0 Å². The SMILES string of the molecule is C[C@H](CO)N1C[C@H](C)[C@@H](CN(C)S(=O)(=O)c2cn(C)cn2)OCCCC[C@H](C)Oc2ccc(NC(=O)CCCN(C)C)cc2C1=O. The van der Waals surface area contributed by atoms with Gasteiger partial charge in [-0.3, -0.25) is 9.59 Å². The Labute approximate surface area is 273 Å². The topological polar surface area (TPSA) is 147 Å². The largest absolute Gasteiger partial charge is 0.490 e. The molecule has 2 heterocycles. The third-order valence-corrected chi connectivity index (χ3v) is 9.85. The van der Waals surface area contributed by atoms with Gasteiger partial charge in [0.25, 0.3) is 15.9 Å². The number of sulfonamides is 1. The van der Waals surface area contributed by atoms with Gasteiger partial charge in [0, 0.05) is 58.0 Å². The highest BCUT2D eigenvalue weighted by Crippen LogP contribution is 2.29. The lowest BCUT2D eigenvalue weighted by molar-refractivity contribution is -0.116. The molecule has 0 aliphatic carbocycles. The quantitative estimate of drug-likeness (QED) is 0.370. The minimum absolute atomic E-state index is 0.0513. The fraction of sp³-hybridized carbons (Fsp3) is 0.656. The van der Waals surface area contributed by atoms with Crippen LogP contribution in [-0.2, 0) is 26.6 Å². The molecule has 0 saturated carbocycles. The Balaban J connectivity index is 1.92. The summed E-state index contributed by atoms with van der Waals surface area (Å²) in [4.78, 5) is 34.6. The number of anilines is 1. The average molecular weight is 665 g/mol. The molecule has 258 valence electrons. The number of fused-ring (bicyclic) bond motifs is 1. The predicted molar refractivity (Wildman–Crippen MR) is 176 cm³/mol. The predicted octanol–water partition coefficient (Wildman–Crippen LogP) is 2.82. The van der Waals surface area contributed by atoms with Crippen molar-refractivity contribution in [3.63, 3.8) is 0 Å². The van der Waals surface area contributed by atoms with Gasteiger partial charge in [0.05, 0.1) is 36.7 Å². The average Bonchev–Trinajstić information content (AvgIpc) is 3.45. The van der Waals surface area contributed by atoms with Crippen molar-refractivity contribution in [2.75, 3.05) is 59.3 Å². The van der Waals surface area contributed by atoms with Crippen LogP contribution in [0.3, 0.4) is 0 Å². The van der Waals surface area contributed by atoms with Crippen LogP contribution < -0.4 is 10.1 Å². The van der Waals surface area contributed by atoms with E-state index < -0.39 is 22.2 Å². The number of aliphatic hydroxyl groups excluding tert-OH is 1. The molecule has 0 saturated heterocycles. The van der Waals surface area contributed by atoms with E-state index in [9.17, 15) is 23.1 Å². The lowest BCUT2D eigenvalue weighted by atomic mass is 10.0. The summed E-state index contributed by atoms with van der Waals surface area (Å²) >= 11 is 0. The molecule has 1 aliphatic heterocycles. The van der Waals surface area contributed by atoms with Crippen molar-refractivity contribution in [1.29, 1.82) is 0 Å². The molecule has 3 rings (SSSR count). The molecular formula is C32H52N6O7S. The summed E-state index contributed by atoms with van der Waals surface area (Å²) in [5.41, 5.74) is 0.751. The summed E-state index contributed by atoms with van der Waals surface area (Å²) in [6.07, 6.45) is 5.45. The molecule has 13 nitrogen and oxygen atoms in total. The summed E-state index contributed by atoms with van der Waals surface area (Å²) in [5.74, 6) is -0.435. The first-order chi connectivity index (χ1) is 21.7. The molecule has 1 aliphatic rings. The van der Waals surface area contributed by atoms with Crippen LogP contribution >= 0.6 is 0 Å². The zero-order chi connectivity index (χ0) is 34.0. The summed E-state index contributed by atoms with van der Waals surface area (Å²) in [7, 11) is 3.24. The molecule has 1 aromatic carbocycles. The van der Waals surface area contributed by atoms with Gasteiger partial charge in [0.2, 0.25) is 5.91 Å². The Hall–Kier alpha value is -3.04. The molecule has 0 unspecified atom stereocenters. The number of ether oxygens (including phenoxy) is 2. The van der Waals surface area contributed by atoms with E-state index in [0.29, 0.717) is 37.3 Å². The molecule has 14 heteroatoms. The summed E-state index contributed by atoms with van der Waals surface area (Å²) in [5, 5.41) is 13.0. The summed E-state index contributed by atoms with van der Waals surface area (Å²) in [6.45, 7) is 6.74. The van der Waals surface area contributed by atoms with Gasteiger partial charge in [-0.2, -0.15) is 4.31 Å². The summed E-state index contributed by atoms with van der Waals surface area (Å²) < 4.78 is 41.9. The molecule has 2 N–H and O–H groups in total. The molecule has 2 amide bonds. The Morgan fingerprint density at radius 2 is 1.96 bits per heavy atom. The van der Waals surface area contributed by atoms with Crippen molar-refractivity contribution in [3.8, 4) is 5.75 Å². The highest BCUT2D eigenvalue weighted by molar-refractivity contribution is 7.89. The molecule has 4 atom stereocenters. The van der Waals surface area contributed by atoms with Crippen LogP contribution in [0.1, 0.15) is 63.2 Å². The lowest BCUT2D eigenvalue weighted by Crippen LogP contribution is -2.48. The number of rotatable bonds is 11. The van der Waals surface area contributed by atoms with Crippen molar-refractivity contribution >= 4 is 27.5 Å². The van der Waals surface area contributed by atoms with E-state index in [-0.39, 0.29) is 54.1 Å². The van der Waals surface area contributed by atoms with E-state index >= 15 is 0 Å². The number of aryl methyl sites for hydroxylation is 1. The van der Waals surface area contributed by atoms with Crippen LogP contribution in [-0.4, -0.2) is 121 Å². The summed E-state index contributed by atoms with van der Waals surface area (Å²) in [6, 6.07) is 4.51. The zero-order valence-corrected chi connectivity index (χ0v) is 29.1. The van der Waals surface area contributed by atoms with Crippen molar-refractivity contribution in [2.24, 2.45) is 13.0 Å². The van der Waals surface area contributed by atoms with Crippen LogP contribution in [0.25, 0.3) is 0 Å². The van der Waals surface area contributed by atoms with Crippen LogP contribution in [0, 0.1) is 5.92 Å². The third kappa shape index (κ3) is 10.5. The third-order valence-electron chi connectivity index (χ3n) is 8.14. The van der Waals surface area contributed by atoms with Gasteiger partial charge in [-0.05, 0) is 78.4 Å². The number of hydrogen-bond acceptors (Lipinski definition) is 9. The first-order valence-electron chi connectivity index (χ1n) is 16.0. The maximum atomic E-state index is 14.3. The number of benzene rings is 1. The van der Waals surface area contributed by atoms with E-state index in [4.69, 9.17) is 9.47 Å². The number of carbonyl (C=O) groups is 2. The second kappa shape index (κ2) is 17.2. The number of aliphatic hydroxyl groups is 1. The molecular weight excluding hydrogens is 612 g/mol. The van der Waals surface area contributed by atoms with Gasteiger partial charge in [0.1, 0.15) is 5.75 Å². The molecule has 1 aromatic heterocycles. The number of aromatic nitrogens is 2. The Morgan fingerprint density at radius 1 is 1.22 bits per heavy atom. The van der Waals surface area contributed by atoms with Gasteiger partial charge in [0.15, 0.2) is 5.03 Å². The van der Waals surface area contributed by atoms with Gasteiger partial charge in [-0.15, -0.1) is 0 Å². The van der Waals surface area contributed by atoms with E-state index in [1.165, 1.54) is 23.9 Å². The van der Waals surface area contributed by atoms with Crippen molar-refractivity contribution < 1.29 is 32.6 Å². The van der Waals surface area contributed by atoms with Gasteiger partial charge < -0.3 is 34.3 Å². The monoisotopic (exact) mass is 664 g/mol. The second-order valence-electron chi connectivity index (χ2n) is 12.6. The fourth-order valence-corrected chi connectivity index (χ4v) is 6.42. The Bertz CT molecular complexity index is 1400. The molecule has 46 heavy (non-hydrogen) atoms. The maximum Gasteiger partial charge on any atom is 0.261 e. The maximum absolute atomic E-state index is 14.3. The Morgan fingerprint density at radius 3 is 2.61 bits per heavy atom. The number of nitrogens with zero attached hydrogens (tertiary/aromatic N) is 5. The van der Waals surface area contributed by atoms with E-state index in [0.717, 1.165) is 19.4 Å². The minimum atomic E-state index is -3.87. The number of nitrogens with one attached hydrogen (secondary N) is 1. The number of hydrogen-bond donors (Lipinski definition) is 2. The molecule has 0 spiro atoms. The first kappa shape index (κ1) is 37.4. The number of amides is 2. The van der Waals surface area contributed by atoms with Crippen LogP contribution in [0.5, 0.6) is 5.75 Å². The number of carbonyl (C=O) groups excluding carboxylic acids is 2.